The molecule has 0 heterocycles. The number of para-hydroxylation sites is 2. The highest BCUT2D eigenvalue weighted by Crippen LogP contribution is 2.71. The van der Waals surface area contributed by atoms with Gasteiger partial charge in [0.25, 0.3) is 0 Å². The molecule has 3 spiro atoms. The van der Waals surface area contributed by atoms with Gasteiger partial charge in [0, 0.05) is 34.8 Å². The minimum absolute atomic E-state index is 0.198. The van der Waals surface area contributed by atoms with Gasteiger partial charge in [0.2, 0.25) is 0 Å². The predicted molar refractivity (Wildman–Crippen MR) is 374 cm³/mol. The van der Waals surface area contributed by atoms with Gasteiger partial charge in [0.1, 0.15) is 0 Å². The Morgan fingerprint density at radius 1 is 0.275 bits per heavy atom. The zero-order valence-electron chi connectivity index (χ0n) is 51.7. The van der Waals surface area contributed by atoms with Crippen LogP contribution in [0, 0.1) is 25.7 Å². The van der Waals surface area contributed by atoms with Crippen LogP contribution in [0.3, 0.4) is 0 Å². The third-order valence-corrected chi connectivity index (χ3v) is 24.2. The molecule has 20 rings (SSSR count). The summed E-state index contributed by atoms with van der Waals surface area (Å²) in [6.45, 7) is 4.57. The van der Waals surface area contributed by atoms with Gasteiger partial charge < -0.3 is 9.80 Å². The van der Waals surface area contributed by atoms with Crippen LogP contribution >= 0.6 is 0 Å². The highest BCUT2D eigenvalue weighted by molar-refractivity contribution is 5.97. The maximum atomic E-state index is 3.04. The molecular weight excluding hydrogens is 1100 g/mol. The van der Waals surface area contributed by atoms with Crippen molar-refractivity contribution in [2.45, 2.75) is 92.5 Å². The number of hydrogen-bond donors (Lipinski definition) is 0. The largest absolute Gasteiger partial charge is 0.366 e. The molecule has 8 aliphatic rings. The van der Waals surface area contributed by atoms with Gasteiger partial charge in [-0.25, -0.2) is 0 Å². The van der Waals surface area contributed by atoms with E-state index in [1.54, 1.807) is 11.1 Å². The second kappa shape index (κ2) is 19.1. The summed E-state index contributed by atoms with van der Waals surface area (Å²) < 4.78 is 0. The first-order chi connectivity index (χ1) is 44.9. The van der Waals surface area contributed by atoms with E-state index in [0.717, 1.165) is 31.4 Å². The summed E-state index contributed by atoms with van der Waals surface area (Å²) in [6, 6.07) is 110. The molecule has 0 aromatic heterocycles. The Bertz CT molecular complexity index is 4870. The standard InChI is InChI=1S/C89H70N2/c1-55-37-43-69-71-45-39-59(51-83(71)87(81(69)49-55)75-31-15-9-25-63(75)64-26-10-16-32-76(64)87)90(57-21-5-3-6-22-57)61-41-47-73-74-48-42-62(54-86(74)89(85(73)53-61)79-35-19-13-29-67(79)68-30-14-20-36-80(68)89)91(58-23-7-4-8-24-58)60-40-46-72-70-44-38-56(2)50-82(70)88(84(72)52-60)77-33-17-11-27-65(77)66-28-12-18-34-78(66)88/h3-39,41,43-45,47,49-51,53,60,62,72,74,84,86H,40,42,46,48,52,54H2,1-2H3/t60?,62?,72?,74-,84+,86?/m1/s1. The number of rotatable bonds is 6. The molecule has 8 aliphatic carbocycles. The van der Waals surface area contributed by atoms with Gasteiger partial charge in [-0.15, -0.1) is 0 Å². The molecule has 0 saturated heterocycles. The van der Waals surface area contributed by atoms with E-state index >= 15 is 0 Å². The van der Waals surface area contributed by atoms with Crippen molar-refractivity contribution in [3.05, 3.63) is 357 Å². The molecule has 0 radical (unpaired) electrons. The van der Waals surface area contributed by atoms with Crippen molar-refractivity contribution < 1.29 is 0 Å². The average Bonchev–Trinajstić information content (AvgIpc) is 1.53. The molecule has 6 atom stereocenters. The van der Waals surface area contributed by atoms with Crippen LogP contribution in [0.2, 0.25) is 0 Å². The van der Waals surface area contributed by atoms with E-state index in [2.05, 4.69) is 303 Å². The van der Waals surface area contributed by atoms with E-state index in [9.17, 15) is 0 Å². The third kappa shape index (κ3) is 6.73. The molecule has 0 aliphatic heterocycles. The Hall–Kier alpha value is -9.76. The fourth-order valence-electron chi connectivity index (χ4n) is 21.2. The normalized spacial score (nSPS) is 21.5. The van der Waals surface area contributed by atoms with Gasteiger partial charge in [-0.3, -0.25) is 0 Å². The van der Waals surface area contributed by atoms with Gasteiger partial charge in [0.15, 0.2) is 0 Å². The van der Waals surface area contributed by atoms with Crippen molar-refractivity contribution in [3.8, 4) is 44.5 Å². The molecule has 0 amide bonds. The lowest BCUT2D eigenvalue weighted by Crippen LogP contribution is -2.52. The zero-order chi connectivity index (χ0) is 59.9. The van der Waals surface area contributed by atoms with E-state index < -0.39 is 5.41 Å². The summed E-state index contributed by atoms with van der Waals surface area (Å²) in [5, 5.41) is 0. The van der Waals surface area contributed by atoms with Gasteiger partial charge in [0.05, 0.1) is 16.2 Å². The van der Waals surface area contributed by atoms with Crippen molar-refractivity contribution in [1.82, 2.24) is 0 Å². The van der Waals surface area contributed by atoms with E-state index in [1.807, 2.05) is 0 Å². The minimum Gasteiger partial charge on any atom is -0.366 e. The summed E-state index contributed by atoms with van der Waals surface area (Å²) in [4.78, 5) is 5.62. The lowest BCUT2D eigenvalue weighted by atomic mass is 9.60. The topological polar surface area (TPSA) is 6.48 Å². The van der Waals surface area contributed by atoms with Crippen LogP contribution in [0.5, 0.6) is 0 Å². The molecule has 2 saturated carbocycles. The van der Waals surface area contributed by atoms with Crippen molar-refractivity contribution in [2.24, 2.45) is 11.8 Å². The maximum absolute atomic E-state index is 3.04. The lowest BCUT2D eigenvalue weighted by Gasteiger charge is -2.51. The fourth-order valence-corrected chi connectivity index (χ4v) is 21.2. The first-order valence-corrected chi connectivity index (χ1v) is 33.7. The van der Waals surface area contributed by atoms with Crippen molar-refractivity contribution in [1.29, 1.82) is 0 Å². The summed E-state index contributed by atoms with van der Waals surface area (Å²) in [5.74, 6) is 1.65. The number of hydrogen-bond acceptors (Lipinski definition) is 2. The summed E-state index contributed by atoms with van der Waals surface area (Å²) >= 11 is 0. The van der Waals surface area contributed by atoms with E-state index in [-0.39, 0.29) is 10.8 Å². The Morgan fingerprint density at radius 2 is 0.615 bits per heavy atom. The molecule has 0 N–H and O–H groups in total. The maximum Gasteiger partial charge on any atom is 0.0726 e. The highest BCUT2D eigenvalue weighted by Gasteiger charge is 2.63. The molecule has 12 aromatic carbocycles. The SMILES string of the molecule is Cc1ccc2c(c1)C1(c3ccccc3-c3ccccc31)c1cc(N(c3ccccc3)c3ccc4c(c3)C3(c5ccccc5-c5ccccc53)C3CC(N(c5ccccc5)C5CCC6c7ccc(C)cc7C7(c8ccccc8-c8ccccc87)[C@H]6C5)CC[C@H]43)ccc1-2. The molecule has 2 nitrogen and oxygen atoms in total. The molecule has 0 bridgehead atoms. The van der Waals surface area contributed by atoms with E-state index in [1.165, 1.54) is 141 Å². The first kappa shape index (κ1) is 52.1. The predicted octanol–water partition coefficient (Wildman–Crippen LogP) is 21.5. The smallest absolute Gasteiger partial charge is 0.0726 e. The molecule has 12 aromatic rings. The summed E-state index contributed by atoms with van der Waals surface area (Å²) in [5.41, 5.74) is 35.1. The number of nitrogens with zero attached hydrogens (tertiary/aromatic N) is 2. The zero-order valence-corrected chi connectivity index (χ0v) is 51.7. The number of anilines is 4. The molecule has 2 heteroatoms. The molecule has 91 heavy (non-hydrogen) atoms. The number of benzene rings is 12. The molecular formula is C89H70N2. The quantitative estimate of drug-likeness (QED) is 0.164. The number of fused-ring (bicyclic) bond motifs is 30. The van der Waals surface area contributed by atoms with Gasteiger partial charge in [-0.2, -0.15) is 0 Å². The Labute approximate surface area is 535 Å². The van der Waals surface area contributed by atoms with Crippen LogP contribution in [0.4, 0.5) is 22.7 Å². The molecule has 2 fully saturated rings. The Morgan fingerprint density at radius 3 is 1.11 bits per heavy atom. The third-order valence-electron chi connectivity index (χ3n) is 24.2. The van der Waals surface area contributed by atoms with Crippen LogP contribution in [0.25, 0.3) is 44.5 Å². The monoisotopic (exact) mass is 1170 g/mol. The van der Waals surface area contributed by atoms with Crippen LogP contribution in [-0.4, -0.2) is 12.1 Å². The Kier molecular flexibility index (Phi) is 10.9. The van der Waals surface area contributed by atoms with Gasteiger partial charge in [-0.05, 0) is 236 Å². The van der Waals surface area contributed by atoms with Crippen molar-refractivity contribution in [2.75, 3.05) is 9.80 Å². The summed E-state index contributed by atoms with van der Waals surface area (Å²) in [7, 11) is 0. The first-order valence-electron chi connectivity index (χ1n) is 33.7. The van der Waals surface area contributed by atoms with E-state index in [0.29, 0.717) is 35.8 Å². The molecule has 4 unspecified atom stereocenters. The van der Waals surface area contributed by atoms with Gasteiger partial charge >= 0.3 is 0 Å². The van der Waals surface area contributed by atoms with Crippen LogP contribution in [0.15, 0.2) is 279 Å². The van der Waals surface area contributed by atoms with Crippen molar-refractivity contribution >= 4 is 22.7 Å². The lowest BCUT2D eigenvalue weighted by molar-refractivity contribution is 0.195. The minimum atomic E-state index is -0.462. The summed E-state index contributed by atoms with van der Waals surface area (Å²) in [6.07, 6.45) is 6.91. The Balaban J connectivity index is 0.743. The van der Waals surface area contributed by atoms with Crippen molar-refractivity contribution in [3.63, 3.8) is 0 Å². The highest BCUT2D eigenvalue weighted by atomic mass is 15.2. The second-order valence-electron chi connectivity index (χ2n) is 28.1. The molecule has 436 valence electrons. The number of aryl methyl sites for hydroxylation is 2. The van der Waals surface area contributed by atoms with Crippen LogP contribution in [0.1, 0.15) is 128 Å². The van der Waals surface area contributed by atoms with Crippen LogP contribution in [-0.2, 0) is 16.2 Å². The van der Waals surface area contributed by atoms with Gasteiger partial charge in [-0.1, -0.05) is 242 Å². The average molecular weight is 1170 g/mol. The van der Waals surface area contributed by atoms with Crippen LogP contribution < -0.4 is 9.80 Å². The second-order valence-corrected chi connectivity index (χ2v) is 28.1. The fraction of sp³-hybridized carbons (Fsp3) is 0.191. The van der Waals surface area contributed by atoms with E-state index in [4.69, 9.17) is 0 Å².